The molecule has 0 aliphatic carbocycles. The van der Waals surface area contributed by atoms with E-state index in [9.17, 15) is 4.79 Å². The second-order valence-electron chi connectivity index (χ2n) is 6.73. The zero-order valence-corrected chi connectivity index (χ0v) is 17.0. The van der Waals surface area contributed by atoms with Crippen LogP contribution in [0.3, 0.4) is 0 Å². The van der Waals surface area contributed by atoms with Gasteiger partial charge >= 0.3 is 0 Å². The van der Waals surface area contributed by atoms with E-state index in [0.29, 0.717) is 17.9 Å². The number of benzene rings is 2. The zero-order chi connectivity index (χ0) is 19.4. The van der Waals surface area contributed by atoms with Crippen molar-refractivity contribution in [3.63, 3.8) is 0 Å². The van der Waals surface area contributed by atoms with Gasteiger partial charge in [-0.25, -0.2) is 4.98 Å². The van der Waals surface area contributed by atoms with Crippen molar-refractivity contribution < 1.29 is 9.53 Å². The number of carbonyl (C=O) groups excluding carboxylic acids is 1. The molecular weight excluding hydrogens is 358 g/mol. The summed E-state index contributed by atoms with van der Waals surface area (Å²) in [7, 11) is 5.66. The number of hydrogen-bond acceptors (Lipinski definition) is 5. The highest BCUT2D eigenvalue weighted by Gasteiger charge is 2.23. The van der Waals surface area contributed by atoms with Crippen molar-refractivity contribution in [3.05, 3.63) is 53.6 Å². The van der Waals surface area contributed by atoms with Crippen LogP contribution in [0.2, 0.25) is 0 Å². The molecule has 6 heteroatoms. The van der Waals surface area contributed by atoms with Crippen LogP contribution < -0.4 is 9.64 Å². The number of hydrogen-bond donors (Lipinski definition) is 0. The van der Waals surface area contributed by atoms with Gasteiger partial charge in [-0.3, -0.25) is 9.69 Å². The number of amides is 1. The third-order valence-electron chi connectivity index (χ3n) is 4.41. The normalized spacial score (nSPS) is 11.1. The SMILES string of the molecule is COc1ccccc1C(=O)N(CCCN(C)C)c1nc2c(C)cccc2s1. The van der Waals surface area contributed by atoms with E-state index in [1.807, 2.05) is 51.4 Å². The number of ether oxygens (including phenoxy) is 1. The van der Waals surface area contributed by atoms with Gasteiger partial charge in [-0.05, 0) is 57.7 Å². The number of aryl methyl sites for hydroxylation is 1. The van der Waals surface area contributed by atoms with Crippen molar-refractivity contribution in [1.82, 2.24) is 9.88 Å². The number of carbonyl (C=O) groups is 1. The van der Waals surface area contributed by atoms with Crippen molar-refractivity contribution in [1.29, 1.82) is 0 Å². The molecule has 0 aliphatic heterocycles. The van der Waals surface area contributed by atoms with E-state index >= 15 is 0 Å². The molecule has 0 fully saturated rings. The molecule has 27 heavy (non-hydrogen) atoms. The van der Waals surface area contributed by atoms with Crippen LogP contribution in [-0.2, 0) is 0 Å². The van der Waals surface area contributed by atoms with E-state index in [1.54, 1.807) is 29.4 Å². The fraction of sp³-hybridized carbons (Fsp3) is 0.333. The molecule has 0 N–H and O–H groups in total. The van der Waals surface area contributed by atoms with E-state index in [1.165, 1.54) is 0 Å². The van der Waals surface area contributed by atoms with Gasteiger partial charge in [0.2, 0.25) is 0 Å². The smallest absolute Gasteiger partial charge is 0.263 e. The van der Waals surface area contributed by atoms with Crippen LogP contribution in [0.5, 0.6) is 5.75 Å². The summed E-state index contributed by atoms with van der Waals surface area (Å²) in [5.41, 5.74) is 2.64. The first-order chi connectivity index (χ1) is 13.0. The molecule has 1 amide bonds. The molecule has 0 unspecified atom stereocenters. The molecular formula is C21H25N3O2S. The first-order valence-corrected chi connectivity index (χ1v) is 9.78. The largest absolute Gasteiger partial charge is 0.496 e. The minimum atomic E-state index is -0.0806. The summed E-state index contributed by atoms with van der Waals surface area (Å²) >= 11 is 1.55. The molecule has 1 heterocycles. The highest BCUT2D eigenvalue weighted by atomic mass is 32.1. The molecule has 0 spiro atoms. The lowest BCUT2D eigenvalue weighted by Crippen LogP contribution is -2.33. The first kappa shape index (κ1) is 19.3. The minimum Gasteiger partial charge on any atom is -0.496 e. The van der Waals surface area contributed by atoms with E-state index < -0.39 is 0 Å². The van der Waals surface area contributed by atoms with Crippen LogP contribution in [0.4, 0.5) is 5.13 Å². The van der Waals surface area contributed by atoms with E-state index in [-0.39, 0.29) is 5.91 Å². The number of fused-ring (bicyclic) bond motifs is 1. The molecule has 142 valence electrons. The molecule has 2 aromatic carbocycles. The van der Waals surface area contributed by atoms with Crippen molar-refractivity contribution in [3.8, 4) is 5.75 Å². The summed E-state index contributed by atoms with van der Waals surface area (Å²) < 4.78 is 6.49. The fourth-order valence-electron chi connectivity index (χ4n) is 2.99. The number of nitrogens with zero attached hydrogens (tertiary/aromatic N) is 3. The molecule has 0 saturated carbocycles. The van der Waals surface area contributed by atoms with E-state index in [0.717, 1.165) is 33.9 Å². The molecule has 5 nitrogen and oxygen atoms in total. The van der Waals surface area contributed by atoms with Crippen molar-refractivity contribution in [2.24, 2.45) is 0 Å². The van der Waals surface area contributed by atoms with Crippen LogP contribution in [0, 0.1) is 6.92 Å². The maximum Gasteiger partial charge on any atom is 0.263 e. The van der Waals surface area contributed by atoms with E-state index in [4.69, 9.17) is 9.72 Å². The maximum atomic E-state index is 13.4. The summed E-state index contributed by atoms with van der Waals surface area (Å²) in [6.45, 7) is 3.55. The summed E-state index contributed by atoms with van der Waals surface area (Å²) in [4.78, 5) is 22.0. The highest BCUT2D eigenvalue weighted by molar-refractivity contribution is 7.22. The number of methoxy groups -OCH3 is 1. The van der Waals surface area contributed by atoms with Crippen LogP contribution in [0.15, 0.2) is 42.5 Å². The van der Waals surface area contributed by atoms with Gasteiger partial charge in [0.1, 0.15) is 5.75 Å². The van der Waals surface area contributed by atoms with E-state index in [2.05, 4.69) is 11.0 Å². The Bertz CT molecular complexity index is 936. The molecule has 3 rings (SSSR count). The number of thiazole rings is 1. The Balaban J connectivity index is 1.99. The van der Waals surface area contributed by atoms with Gasteiger partial charge in [0.05, 0.1) is 22.9 Å². The molecule has 0 saturated heterocycles. The predicted molar refractivity (Wildman–Crippen MR) is 112 cm³/mol. The average molecular weight is 384 g/mol. The van der Waals surface area contributed by atoms with Gasteiger partial charge in [-0.1, -0.05) is 35.6 Å². The molecule has 0 bridgehead atoms. The summed E-state index contributed by atoms with van der Waals surface area (Å²) in [6.07, 6.45) is 0.864. The standard InChI is InChI=1S/C21H25N3O2S/c1-15-9-7-12-18-19(15)22-21(27-18)24(14-8-13-23(2)3)20(25)16-10-5-6-11-17(16)26-4/h5-7,9-12H,8,13-14H2,1-4H3. The van der Waals surface area contributed by atoms with Gasteiger partial charge in [0, 0.05) is 6.54 Å². The summed E-state index contributed by atoms with van der Waals surface area (Å²) in [5.74, 6) is 0.500. The van der Waals surface area contributed by atoms with Crippen molar-refractivity contribution in [2.45, 2.75) is 13.3 Å². The van der Waals surface area contributed by atoms with Gasteiger partial charge in [0.25, 0.3) is 5.91 Å². The molecule has 0 atom stereocenters. The Kier molecular flexibility index (Phi) is 6.08. The number of para-hydroxylation sites is 2. The van der Waals surface area contributed by atoms with Crippen molar-refractivity contribution >= 4 is 32.6 Å². The number of anilines is 1. The Morgan fingerprint density at radius 1 is 1.11 bits per heavy atom. The summed E-state index contributed by atoms with van der Waals surface area (Å²) in [5, 5.41) is 0.731. The lowest BCUT2D eigenvalue weighted by molar-refractivity contribution is 0.0983. The zero-order valence-electron chi connectivity index (χ0n) is 16.2. The Morgan fingerprint density at radius 2 is 1.89 bits per heavy atom. The highest BCUT2D eigenvalue weighted by Crippen LogP contribution is 2.32. The average Bonchev–Trinajstić information content (AvgIpc) is 3.10. The molecule has 0 aliphatic rings. The Labute approximate surface area is 164 Å². The summed E-state index contributed by atoms with van der Waals surface area (Å²) in [6, 6.07) is 13.5. The van der Waals surface area contributed by atoms with Gasteiger partial charge in [0.15, 0.2) is 5.13 Å². The van der Waals surface area contributed by atoms with Crippen LogP contribution in [-0.4, -0.2) is 50.1 Å². The second-order valence-corrected chi connectivity index (χ2v) is 7.74. The lowest BCUT2D eigenvalue weighted by Gasteiger charge is -2.22. The monoisotopic (exact) mass is 383 g/mol. The predicted octanol–water partition coefficient (Wildman–Crippen LogP) is 4.21. The van der Waals surface area contributed by atoms with Gasteiger partial charge in [-0.15, -0.1) is 0 Å². The maximum absolute atomic E-state index is 13.4. The topological polar surface area (TPSA) is 45.7 Å². The Morgan fingerprint density at radius 3 is 2.59 bits per heavy atom. The number of aromatic nitrogens is 1. The minimum absolute atomic E-state index is 0.0806. The van der Waals surface area contributed by atoms with Crippen LogP contribution in [0.25, 0.3) is 10.2 Å². The van der Waals surface area contributed by atoms with Crippen molar-refractivity contribution in [2.75, 3.05) is 39.2 Å². The third kappa shape index (κ3) is 4.28. The first-order valence-electron chi connectivity index (χ1n) is 8.97. The third-order valence-corrected chi connectivity index (χ3v) is 5.45. The Hall–Kier alpha value is -2.44. The molecule has 1 aromatic heterocycles. The quantitative estimate of drug-likeness (QED) is 0.613. The molecule has 0 radical (unpaired) electrons. The lowest BCUT2D eigenvalue weighted by atomic mass is 10.1. The van der Waals surface area contributed by atoms with Gasteiger partial charge < -0.3 is 9.64 Å². The fourth-order valence-corrected chi connectivity index (χ4v) is 4.05. The van der Waals surface area contributed by atoms with Crippen LogP contribution >= 0.6 is 11.3 Å². The van der Waals surface area contributed by atoms with Crippen LogP contribution in [0.1, 0.15) is 22.3 Å². The molecule has 3 aromatic rings. The second kappa shape index (κ2) is 8.50. The van der Waals surface area contributed by atoms with Gasteiger partial charge in [-0.2, -0.15) is 0 Å². The number of rotatable bonds is 7.